The van der Waals surface area contributed by atoms with Crippen LogP contribution < -0.4 is 0 Å². The van der Waals surface area contributed by atoms with E-state index in [1.165, 1.54) is 5.69 Å². The van der Waals surface area contributed by atoms with Crippen molar-refractivity contribution in [3.63, 3.8) is 0 Å². The highest BCUT2D eigenvalue weighted by molar-refractivity contribution is 9.10. The summed E-state index contributed by atoms with van der Waals surface area (Å²) in [5.74, 6) is 0. The van der Waals surface area contributed by atoms with E-state index in [1.807, 2.05) is 37.5 Å². The third-order valence-electron chi connectivity index (χ3n) is 2.57. The second kappa shape index (κ2) is 4.66. The Hall–Kier alpha value is -1.35. The largest absolute Gasteiger partial charge is 0.347 e. The normalized spacial score (nSPS) is 11.2. The molecular weight excluding hydrogens is 264 g/mol. The molecule has 1 heterocycles. The molecule has 0 N–H and O–H groups in total. The van der Waals surface area contributed by atoms with Gasteiger partial charge in [0.2, 0.25) is 0 Å². The van der Waals surface area contributed by atoms with E-state index in [2.05, 4.69) is 44.5 Å². The average Bonchev–Trinajstić information content (AvgIpc) is 2.57. The first kappa shape index (κ1) is 11.1. The number of benzene rings is 1. The second-order valence-corrected chi connectivity index (χ2v) is 4.61. The predicted molar refractivity (Wildman–Crippen MR) is 71.5 cm³/mol. The molecular formula is C13H13BrN2. The van der Waals surface area contributed by atoms with E-state index >= 15 is 0 Å². The zero-order valence-electron chi connectivity index (χ0n) is 9.31. The lowest BCUT2D eigenvalue weighted by molar-refractivity contribution is 0.874. The molecule has 0 aliphatic rings. The van der Waals surface area contributed by atoms with Gasteiger partial charge in [-0.05, 0) is 37.3 Å². The number of nitrogens with zero attached hydrogens (tertiary/aromatic N) is 2. The average molecular weight is 277 g/mol. The lowest BCUT2D eigenvalue weighted by Crippen LogP contribution is -1.96. The van der Waals surface area contributed by atoms with Crippen molar-refractivity contribution in [3.05, 3.63) is 52.3 Å². The molecule has 0 spiro atoms. The molecule has 0 amide bonds. The Morgan fingerprint density at radius 2 is 2.06 bits per heavy atom. The van der Waals surface area contributed by atoms with E-state index in [-0.39, 0.29) is 0 Å². The van der Waals surface area contributed by atoms with Crippen molar-refractivity contribution in [2.24, 2.45) is 12.0 Å². The molecule has 2 nitrogen and oxygen atoms in total. The molecule has 2 aromatic rings. The third kappa shape index (κ3) is 2.42. The van der Waals surface area contributed by atoms with Gasteiger partial charge in [0.05, 0.1) is 17.6 Å². The van der Waals surface area contributed by atoms with Gasteiger partial charge in [0, 0.05) is 17.2 Å². The van der Waals surface area contributed by atoms with Crippen LogP contribution in [0.3, 0.4) is 0 Å². The Bertz CT molecular complexity index is 526. The van der Waals surface area contributed by atoms with Crippen molar-refractivity contribution >= 4 is 27.8 Å². The summed E-state index contributed by atoms with van der Waals surface area (Å²) in [5, 5.41) is 0. The van der Waals surface area contributed by atoms with Gasteiger partial charge in [0.15, 0.2) is 0 Å². The fourth-order valence-corrected chi connectivity index (χ4v) is 1.85. The highest BCUT2D eigenvalue weighted by Gasteiger charge is 1.97. The minimum absolute atomic E-state index is 0.952. The molecule has 2 rings (SSSR count). The number of halogens is 1. The van der Waals surface area contributed by atoms with E-state index in [1.54, 1.807) is 0 Å². The van der Waals surface area contributed by atoms with Crippen LogP contribution in [-0.2, 0) is 7.05 Å². The molecule has 0 aliphatic carbocycles. The van der Waals surface area contributed by atoms with Crippen LogP contribution in [0, 0.1) is 6.92 Å². The zero-order valence-corrected chi connectivity index (χ0v) is 10.9. The van der Waals surface area contributed by atoms with Crippen LogP contribution in [0.4, 0.5) is 5.69 Å². The number of aliphatic imine (C=N–C) groups is 1. The highest BCUT2D eigenvalue weighted by Crippen LogP contribution is 2.18. The maximum absolute atomic E-state index is 4.44. The summed E-state index contributed by atoms with van der Waals surface area (Å²) in [6.07, 6.45) is 1.88. The number of aryl methyl sites for hydroxylation is 1. The van der Waals surface area contributed by atoms with Crippen molar-refractivity contribution in [1.82, 2.24) is 4.57 Å². The lowest BCUT2D eigenvalue weighted by atomic mass is 10.3. The van der Waals surface area contributed by atoms with Crippen LogP contribution in [0.5, 0.6) is 0 Å². The van der Waals surface area contributed by atoms with Crippen LogP contribution in [0.25, 0.3) is 0 Å². The molecule has 1 aromatic carbocycles. The predicted octanol–water partition coefficient (Wildman–Crippen LogP) is 3.85. The van der Waals surface area contributed by atoms with Crippen molar-refractivity contribution < 1.29 is 0 Å². The van der Waals surface area contributed by atoms with Crippen LogP contribution in [0.2, 0.25) is 0 Å². The van der Waals surface area contributed by atoms with Crippen LogP contribution >= 0.6 is 15.9 Å². The summed E-state index contributed by atoms with van der Waals surface area (Å²) in [7, 11) is 2.04. The molecule has 1 aromatic heterocycles. The van der Waals surface area contributed by atoms with Gasteiger partial charge < -0.3 is 4.57 Å². The lowest BCUT2D eigenvalue weighted by Gasteiger charge is -1.99. The van der Waals surface area contributed by atoms with E-state index in [4.69, 9.17) is 0 Å². The summed E-state index contributed by atoms with van der Waals surface area (Å²) in [6.45, 7) is 2.08. The van der Waals surface area contributed by atoms with Crippen molar-refractivity contribution in [2.45, 2.75) is 6.92 Å². The van der Waals surface area contributed by atoms with Gasteiger partial charge in [-0.15, -0.1) is 0 Å². The van der Waals surface area contributed by atoms with Gasteiger partial charge in [-0.1, -0.05) is 22.0 Å². The molecule has 16 heavy (non-hydrogen) atoms. The summed E-state index contributed by atoms with van der Waals surface area (Å²) < 4.78 is 3.16. The maximum Gasteiger partial charge on any atom is 0.0641 e. The Labute approximate surface area is 104 Å². The Morgan fingerprint density at radius 3 is 2.69 bits per heavy atom. The monoisotopic (exact) mass is 276 g/mol. The first-order chi connectivity index (χ1) is 7.66. The van der Waals surface area contributed by atoms with Gasteiger partial charge in [0.1, 0.15) is 0 Å². The molecule has 0 aliphatic heterocycles. The SMILES string of the molecule is Cc1ccc(C=Nc2cccc(Br)c2)n1C. The molecule has 0 unspecified atom stereocenters. The standard InChI is InChI=1S/C13H13BrN2/c1-10-6-7-13(16(10)2)9-15-12-5-3-4-11(14)8-12/h3-9H,1-2H3. The van der Waals surface area contributed by atoms with Gasteiger partial charge in [0.25, 0.3) is 0 Å². The Kier molecular flexibility index (Phi) is 3.25. The topological polar surface area (TPSA) is 17.3 Å². The van der Waals surface area contributed by atoms with Gasteiger partial charge >= 0.3 is 0 Å². The van der Waals surface area contributed by atoms with E-state index < -0.39 is 0 Å². The fourth-order valence-electron chi connectivity index (χ4n) is 1.46. The van der Waals surface area contributed by atoms with Crippen molar-refractivity contribution in [3.8, 4) is 0 Å². The quantitative estimate of drug-likeness (QED) is 0.742. The molecule has 0 saturated carbocycles. The van der Waals surface area contributed by atoms with Gasteiger partial charge in [-0.2, -0.15) is 0 Å². The molecule has 0 atom stereocenters. The summed E-state index contributed by atoms with van der Waals surface area (Å²) in [4.78, 5) is 4.44. The van der Waals surface area contributed by atoms with Crippen LogP contribution in [0.1, 0.15) is 11.4 Å². The van der Waals surface area contributed by atoms with Gasteiger partial charge in [-0.25, -0.2) is 0 Å². The minimum Gasteiger partial charge on any atom is -0.347 e. The fraction of sp³-hybridized carbons (Fsp3) is 0.154. The van der Waals surface area contributed by atoms with E-state index in [0.29, 0.717) is 0 Å². The smallest absolute Gasteiger partial charge is 0.0641 e. The highest BCUT2D eigenvalue weighted by atomic mass is 79.9. The molecule has 0 fully saturated rings. The van der Waals surface area contributed by atoms with Gasteiger partial charge in [-0.3, -0.25) is 4.99 Å². The van der Waals surface area contributed by atoms with E-state index in [9.17, 15) is 0 Å². The molecule has 3 heteroatoms. The number of aromatic nitrogens is 1. The zero-order chi connectivity index (χ0) is 11.5. The Balaban J connectivity index is 2.24. The molecule has 82 valence electrons. The Morgan fingerprint density at radius 1 is 1.25 bits per heavy atom. The summed E-state index contributed by atoms with van der Waals surface area (Å²) in [5.41, 5.74) is 3.29. The second-order valence-electron chi connectivity index (χ2n) is 3.70. The third-order valence-corrected chi connectivity index (χ3v) is 3.06. The van der Waals surface area contributed by atoms with Crippen LogP contribution in [0.15, 0.2) is 45.9 Å². The first-order valence-electron chi connectivity index (χ1n) is 5.09. The van der Waals surface area contributed by atoms with Crippen molar-refractivity contribution in [1.29, 1.82) is 0 Å². The number of hydrogen-bond acceptors (Lipinski definition) is 1. The number of rotatable bonds is 2. The number of hydrogen-bond donors (Lipinski definition) is 0. The molecule has 0 bridgehead atoms. The first-order valence-corrected chi connectivity index (χ1v) is 5.88. The van der Waals surface area contributed by atoms with Crippen LogP contribution in [-0.4, -0.2) is 10.8 Å². The molecule has 0 radical (unpaired) electrons. The summed E-state index contributed by atoms with van der Waals surface area (Å²) in [6, 6.07) is 12.1. The minimum atomic E-state index is 0.952. The maximum atomic E-state index is 4.44. The van der Waals surface area contributed by atoms with Crippen molar-refractivity contribution in [2.75, 3.05) is 0 Å². The van der Waals surface area contributed by atoms with E-state index in [0.717, 1.165) is 15.9 Å². The molecule has 0 saturated heterocycles. The summed E-state index contributed by atoms with van der Waals surface area (Å²) >= 11 is 3.43.